The van der Waals surface area contributed by atoms with Crippen LogP contribution in [0.25, 0.3) is 0 Å². The summed E-state index contributed by atoms with van der Waals surface area (Å²) in [6.45, 7) is 10.3. The first kappa shape index (κ1) is 18.2. The van der Waals surface area contributed by atoms with Crippen molar-refractivity contribution in [1.29, 1.82) is 0 Å². The van der Waals surface area contributed by atoms with Crippen LogP contribution in [0.3, 0.4) is 0 Å². The van der Waals surface area contributed by atoms with Crippen LogP contribution >= 0.6 is 0 Å². The summed E-state index contributed by atoms with van der Waals surface area (Å²) in [6.07, 6.45) is 2.07. The Balaban J connectivity index is 1.79. The lowest BCUT2D eigenvalue weighted by Gasteiger charge is -2.19. The molecule has 0 aliphatic heterocycles. The molecule has 0 saturated heterocycles. The van der Waals surface area contributed by atoms with Gasteiger partial charge in [-0.25, -0.2) is 0 Å². The van der Waals surface area contributed by atoms with Crippen LogP contribution in [-0.2, 0) is 11.8 Å². The fourth-order valence-electron chi connectivity index (χ4n) is 2.65. The van der Waals surface area contributed by atoms with Crippen molar-refractivity contribution in [3.63, 3.8) is 0 Å². The quantitative estimate of drug-likeness (QED) is 0.555. The van der Waals surface area contributed by atoms with Crippen LogP contribution in [0.4, 0.5) is 11.4 Å². The van der Waals surface area contributed by atoms with Crippen molar-refractivity contribution in [2.45, 2.75) is 46.0 Å². The van der Waals surface area contributed by atoms with Gasteiger partial charge < -0.3 is 15.8 Å². The summed E-state index contributed by atoms with van der Waals surface area (Å²) in [7, 11) is 0. The van der Waals surface area contributed by atoms with E-state index in [0.717, 1.165) is 30.8 Å². The Morgan fingerprint density at radius 3 is 2.33 bits per heavy atom. The molecule has 0 fully saturated rings. The molecule has 0 aliphatic rings. The van der Waals surface area contributed by atoms with Crippen molar-refractivity contribution < 1.29 is 4.74 Å². The Labute approximate surface area is 146 Å². The highest BCUT2D eigenvalue weighted by atomic mass is 16.5. The van der Waals surface area contributed by atoms with Gasteiger partial charge in [0.1, 0.15) is 5.75 Å². The molecule has 0 aliphatic carbocycles. The van der Waals surface area contributed by atoms with Gasteiger partial charge in [0.05, 0.1) is 12.3 Å². The molecule has 0 atom stereocenters. The Kier molecular flexibility index (Phi) is 6.13. The van der Waals surface area contributed by atoms with E-state index in [0.29, 0.717) is 6.61 Å². The van der Waals surface area contributed by atoms with Gasteiger partial charge in [-0.05, 0) is 60.6 Å². The first-order valence-electron chi connectivity index (χ1n) is 8.76. The van der Waals surface area contributed by atoms with Crippen LogP contribution in [0.5, 0.6) is 5.75 Å². The smallest absolute Gasteiger partial charge is 0.142 e. The van der Waals surface area contributed by atoms with Gasteiger partial charge in [-0.3, -0.25) is 0 Å². The third kappa shape index (κ3) is 5.19. The van der Waals surface area contributed by atoms with Gasteiger partial charge in [0.15, 0.2) is 0 Å². The van der Waals surface area contributed by atoms with Gasteiger partial charge in [0.25, 0.3) is 0 Å². The summed E-state index contributed by atoms with van der Waals surface area (Å²) >= 11 is 0. The maximum atomic E-state index is 6.01. The van der Waals surface area contributed by atoms with Gasteiger partial charge in [-0.15, -0.1) is 0 Å². The summed E-state index contributed by atoms with van der Waals surface area (Å²) < 4.78 is 5.47. The molecule has 2 rings (SSSR count). The van der Waals surface area contributed by atoms with Crippen LogP contribution < -0.4 is 15.8 Å². The average molecular weight is 326 g/mol. The number of rotatable bonds is 7. The highest BCUT2D eigenvalue weighted by Crippen LogP contribution is 2.24. The van der Waals surface area contributed by atoms with E-state index < -0.39 is 0 Å². The fraction of sp³-hybridized carbons (Fsp3) is 0.429. The Hall–Kier alpha value is -2.16. The van der Waals surface area contributed by atoms with Gasteiger partial charge in [0.2, 0.25) is 0 Å². The number of benzene rings is 2. The molecule has 0 bridgehead atoms. The second kappa shape index (κ2) is 8.09. The zero-order chi connectivity index (χ0) is 17.6. The van der Waals surface area contributed by atoms with Crippen LogP contribution in [0.15, 0.2) is 42.5 Å². The molecule has 130 valence electrons. The minimum atomic E-state index is 0.201. The first-order valence-corrected chi connectivity index (χ1v) is 8.76. The van der Waals surface area contributed by atoms with E-state index in [1.54, 1.807) is 0 Å². The van der Waals surface area contributed by atoms with Gasteiger partial charge in [-0.1, -0.05) is 39.0 Å². The molecule has 0 amide bonds. The van der Waals surface area contributed by atoms with Crippen LogP contribution in [0, 0.1) is 0 Å². The van der Waals surface area contributed by atoms with Crippen LogP contribution in [0.1, 0.15) is 45.2 Å². The molecule has 0 aromatic heterocycles. The molecular formula is C21H30N2O. The molecule has 0 spiro atoms. The number of hydrogen-bond donors (Lipinski definition) is 2. The molecule has 0 heterocycles. The number of ether oxygens (including phenoxy) is 1. The van der Waals surface area contributed by atoms with Crippen molar-refractivity contribution in [1.82, 2.24) is 0 Å². The van der Waals surface area contributed by atoms with E-state index in [-0.39, 0.29) is 5.41 Å². The second-order valence-electron chi connectivity index (χ2n) is 7.16. The maximum absolute atomic E-state index is 6.01. The average Bonchev–Trinajstić information content (AvgIpc) is 2.54. The van der Waals surface area contributed by atoms with E-state index >= 15 is 0 Å². The van der Waals surface area contributed by atoms with Crippen molar-refractivity contribution in [3.05, 3.63) is 53.6 Å². The van der Waals surface area contributed by atoms with E-state index in [4.69, 9.17) is 10.5 Å². The van der Waals surface area contributed by atoms with Gasteiger partial charge >= 0.3 is 0 Å². The summed E-state index contributed by atoms with van der Waals surface area (Å²) in [5, 5.41) is 3.48. The number of nitrogens with one attached hydrogen (secondary N) is 1. The summed E-state index contributed by atoms with van der Waals surface area (Å²) in [5.74, 6) is 0.776. The summed E-state index contributed by atoms with van der Waals surface area (Å²) in [6, 6.07) is 14.8. The predicted octanol–water partition coefficient (Wildman–Crippen LogP) is 5.01. The third-order valence-electron chi connectivity index (χ3n) is 4.10. The minimum absolute atomic E-state index is 0.201. The van der Waals surface area contributed by atoms with Crippen molar-refractivity contribution in [3.8, 4) is 5.75 Å². The highest BCUT2D eigenvalue weighted by molar-refractivity contribution is 5.54. The Morgan fingerprint density at radius 1 is 1.04 bits per heavy atom. The van der Waals surface area contributed by atoms with Crippen molar-refractivity contribution >= 4 is 11.4 Å². The lowest BCUT2D eigenvalue weighted by molar-refractivity contribution is 0.342. The second-order valence-corrected chi connectivity index (χ2v) is 7.16. The first-order chi connectivity index (χ1) is 11.4. The summed E-state index contributed by atoms with van der Waals surface area (Å²) in [4.78, 5) is 0. The predicted molar refractivity (Wildman–Crippen MR) is 104 cm³/mol. The SMILES string of the molecule is CCOc1ccc(CCCNc2ccc(C(C)(C)C)cc2)cc1N. The maximum Gasteiger partial charge on any atom is 0.142 e. The molecule has 0 unspecified atom stereocenters. The van der Waals surface area contributed by atoms with E-state index in [1.165, 1.54) is 16.8 Å². The topological polar surface area (TPSA) is 47.3 Å². The van der Waals surface area contributed by atoms with Crippen LogP contribution in [0.2, 0.25) is 0 Å². The molecular weight excluding hydrogens is 296 g/mol. The lowest BCUT2D eigenvalue weighted by Crippen LogP contribution is -2.11. The largest absolute Gasteiger partial charge is 0.492 e. The molecule has 0 radical (unpaired) electrons. The van der Waals surface area contributed by atoms with Crippen molar-refractivity contribution in [2.24, 2.45) is 0 Å². The number of aryl methyl sites for hydroxylation is 1. The monoisotopic (exact) mass is 326 g/mol. The number of nitrogens with two attached hydrogens (primary N) is 1. The number of anilines is 2. The normalized spacial score (nSPS) is 11.3. The Morgan fingerprint density at radius 2 is 1.75 bits per heavy atom. The van der Waals surface area contributed by atoms with Gasteiger partial charge in [-0.2, -0.15) is 0 Å². The summed E-state index contributed by atoms with van der Waals surface area (Å²) in [5.41, 5.74) is 10.7. The zero-order valence-electron chi connectivity index (χ0n) is 15.4. The lowest BCUT2D eigenvalue weighted by atomic mass is 9.87. The third-order valence-corrected chi connectivity index (χ3v) is 4.10. The number of hydrogen-bond acceptors (Lipinski definition) is 3. The molecule has 0 saturated carbocycles. The Bertz CT molecular complexity index is 642. The zero-order valence-corrected chi connectivity index (χ0v) is 15.4. The van der Waals surface area contributed by atoms with Crippen LogP contribution in [-0.4, -0.2) is 13.2 Å². The van der Waals surface area contributed by atoms with Crippen molar-refractivity contribution in [2.75, 3.05) is 24.2 Å². The molecule has 2 aromatic rings. The molecule has 3 heteroatoms. The molecule has 2 aromatic carbocycles. The molecule has 3 N–H and O–H groups in total. The highest BCUT2D eigenvalue weighted by Gasteiger charge is 2.12. The molecule has 3 nitrogen and oxygen atoms in total. The minimum Gasteiger partial charge on any atom is -0.492 e. The van der Waals surface area contributed by atoms with E-state index in [2.05, 4.69) is 56.4 Å². The number of nitrogen functional groups attached to an aromatic ring is 1. The standard InChI is InChI=1S/C21H30N2O/c1-5-24-20-13-8-16(15-19(20)22)7-6-14-23-18-11-9-17(10-12-18)21(2,3)4/h8-13,15,23H,5-7,14,22H2,1-4H3. The van der Waals surface area contributed by atoms with E-state index in [1.807, 2.05) is 19.1 Å². The van der Waals surface area contributed by atoms with Gasteiger partial charge in [0, 0.05) is 12.2 Å². The molecule has 24 heavy (non-hydrogen) atoms. The van der Waals surface area contributed by atoms with E-state index in [9.17, 15) is 0 Å². The fourth-order valence-corrected chi connectivity index (χ4v) is 2.65.